The zero-order valence-electron chi connectivity index (χ0n) is 18.9. The van der Waals surface area contributed by atoms with Crippen LogP contribution in [0.2, 0.25) is 0 Å². The Bertz CT molecular complexity index is 1350. The maximum atomic E-state index is 13.3. The van der Waals surface area contributed by atoms with Crippen LogP contribution in [0.15, 0.2) is 70.2 Å². The second-order valence-corrected chi connectivity index (χ2v) is 9.24. The van der Waals surface area contributed by atoms with Crippen molar-refractivity contribution in [3.63, 3.8) is 0 Å². The number of carbonyl (C=O) groups excluding carboxylic acids is 1. The highest BCUT2D eigenvalue weighted by molar-refractivity contribution is 7.13. The maximum absolute atomic E-state index is 13.3. The van der Waals surface area contributed by atoms with E-state index < -0.39 is 6.04 Å². The quantitative estimate of drug-likeness (QED) is 0.384. The van der Waals surface area contributed by atoms with Gasteiger partial charge in [0.05, 0.1) is 22.2 Å². The summed E-state index contributed by atoms with van der Waals surface area (Å²) >= 11 is 1.56. The van der Waals surface area contributed by atoms with Crippen LogP contribution in [0.4, 0.5) is 10.5 Å². The molecular formula is C26H24N4O2S. The number of aromatic nitrogens is 2. The number of rotatable bonds is 4. The largest absolute Gasteiger partial charge is 0.334 e. The van der Waals surface area contributed by atoms with Crippen LogP contribution in [-0.4, -0.2) is 16.2 Å². The Morgan fingerprint density at radius 1 is 1.00 bits per heavy atom. The van der Waals surface area contributed by atoms with Gasteiger partial charge in [0, 0.05) is 5.70 Å². The minimum atomic E-state index is -0.407. The Hall–Kier alpha value is -3.71. The van der Waals surface area contributed by atoms with Crippen molar-refractivity contribution in [2.75, 3.05) is 4.90 Å². The van der Waals surface area contributed by atoms with Gasteiger partial charge in [-0.1, -0.05) is 47.1 Å². The standard InChI is InChI=1S/C26H24N4O2S/c1-15-7-11-20(12-8-15)30-18(4)22(25-28-24(29-32-25)21-6-5-13-33-21)23(27-26(30)31)19-10-9-16(2)17(3)14-19/h5-14,23H,1-4H3,(H,27,31). The summed E-state index contributed by atoms with van der Waals surface area (Å²) in [6.45, 7) is 8.09. The molecule has 0 saturated carbocycles. The number of amides is 2. The summed E-state index contributed by atoms with van der Waals surface area (Å²) in [5.74, 6) is 0.939. The highest BCUT2D eigenvalue weighted by Crippen LogP contribution is 2.39. The third-order valence-corrected chi connectivity index (χ3v) is 6.91. The topological polar surface area (TPSA) is 71.3 Å². The van der Waals surface area contributed by atoms with Gasteiger partial charge in [0.25, 0.3) is 5.89 Å². The zero-order valence-corrected chi connectivity index (χ0v) is 19.7. The summed E-state index contributed by atoms with van der Waals surface area (Å²) < 4.78 is 5.75. The Morgan fingerprint density at radius 2 is 1.79 bits per heavy atom. The van der Waals surface area contributed by atoms with Gasteiger partial charge in [0.2, 0.25) is 5.82 Å². The number of aryl methyl sites for hydroxylation is 3. The molecule has 33 heavy (non-hydrogen) atoms. The molecule has 6 nitrogen and oxygen atoms in total. The van der Waals surface area contributed by atoms with E-state index in [-0.39, 0.29) is 6.03 Å². The van der Waals surface area contributed by atoms with Crippen LogP contribution in [-0.2, 0) is 0 Å². The van der Waals surface area contributed by atoms with Crippen LogP contribution in [0.3, 0.4) is 0 Å². The fourth-order valence-electron chi connectivity index (χ4n) is 4.06. The smallest absolute Gasteiger partial charge is 0.326 e. The molecule has 0 aliphatic carbocycles. The summed E-state index contributed by atoms with van der Waals surface area (Å²) in [5.41, 5.74) is 6.78. The van der Waals surface area contributed by atoms with Crippen molar-refractivity contribution >= 4 is 28.6 Å². The van der Waals surface area contributed by atoms with Gasteiger partial charge >= 0.3 is 6.03 Å². The average Bonchev–Trinajstić information content (AvgIpc) is 3.49. The molecule has 7 heteroatoms. The Kier molecular flexibility index (Phi) is 5.34. The zero-order chi connectivity index (χ0) is 23.1. The van der Waals surface area contributed by atoms with Gasteiger partial charge in [-0.15, -0.1) is 11.3 Å². The van der Waals surface area contributed by atoms with Crippen LogP contribution in [0, 0.1) is 20.8 Å². The number of hydrogen-bond acceptors (Lipinski definition) is 5. The minimum absolute atomic E-state index is 0.193. The van der Waals surface area contributed by atoms with Crippen molar-refractivity contribution < 1.29 is 9.32 Å². The van der Waals surface area contributed by atoms with Gasteiger partial charge < -0.3 is 9.84 Å². The Labute approximate surface area is 196 Å². The van der Waals surface area contributed by atoms with Gasteiger partial charge in [-0.05, 0) is 68.0 Å². The highest BCUT2D eigenvalue weighted by Gasteiger charge is 2.36. The van der Waals surface area contributed by atoms with Crippen molar-refractivity contribution in [3.05, 3.63) is 93.8 Å². The maximum Gasteiger partial charge on any atom is 0.326 e. The third kappa shape index (κ3) is 3.85. The monoisotopic (exact) mass is 456 g/mol. The number of nitrogens with zero attached hydrogens (tertiary/aromatic N) is 3. The molecule has 1 unspecified atom stereocenters. The van der Waals surface area contributed by atoms with Crippen LogP contribution in [0.5, 0.6) is 0 Å². The lowest BCUT2D eigenvalue weighted by molar-refractivity contribution is 0.244. The van der Waals surface area contributed by atoms with Gasteiger partial charge in [-0.2, -0.15) is 4.98 Å². The molecule has 2 aromatic heterocycles. The van der Waals surface area contributed by atoms with Crippen molar-refractivity contribution in [1.82, 2.24) is 15.5 Å². The van der Waals surface area contributed by atoms with E-state index in [2.05, 4.69) is 36.5 Å². The van der Waals surface area contributed by atoms with E-state index in [1.54, 1.807) is 16.2 Å². The van der Waals surface area contributed by atoms with Gasteiger partial charge in [0.15, 0.2) is 0 Å². The predicted molar refractivity (Wildman–Crippen MR) is 131 cm³/mol. The number of anilines is 1. The Morgan fingerprint density at radius 3 is 2.48 bits per heavy atom. The molecule has 0 fully saturated rings. The molecule has 3 heterocycles. The second kappa shape index (κ2) is 8.33. The minimum Gasteiger partial charge on any atom is -0.334 e. The number of benzene rings is 2. The first-order valence-corrected chi connectivity index (χ1v) is 11.6. The second-order valence-electron chi connectivity index (χ2n) is 8.30. The van der Waals surface area contributed by atoms with E-state index in [1.807, 2.05) is 61.7 Å². The molecule has 1 aliphatic heterocycles. The molecule has 4 aromatic rings. The summed E-state index contributed by atoms with van der Waals surface area (Å²) in [6, 6.07) is 17.4. The molecule has 1 N–H and O–H groups in total. The molecule has 0 spiro atoms. The summed E-state index contributed by atoms with van der Waals surface area (Å²) in [6.07, 6.45) is 0. The van der Waals surface area contributed by atoms with E-state index in [9.17, 15) is 4.79 Å². The molecule has 1 atom stereocenters. The summed E-state index contributed by atoms with van der Waals surface area (Å²) in [7, 11) is 0. The van der Waals surface area contributed by atoms with Gasteiger partial charge in [0.1, 0.15) is 0 Å². The first kappa shape index (κ1) is 21.2. The van der Waals surface area contributed by atoms with Crippen molar-refractivity contribution in [2.45, 2.75) is 33.7 Å². The Balaban J connectivity index is 1.67. The molecule has 2 amide bonds. The van der Waals surface area contributed by atoms with E-state index >= 15 is 0 Å². The lowest BCUT2D eigenvalue weighted by Gasteiger charge is -2.35. The van der Waals surface area contributed by atoms with E-state index in [1.165, 1.54) is 5.56 Å². The molecule has 2 aromatic carbocycles. The fourth-order valence-corrected chi connectivity index (χ4v) is 4.71. The molecule has 166 valence electrons. The average molecular weight is 457 g/mol. The van der Waals surface area contributed by atoms with Crippen LogP contribution < -0.4 is 10.2 Å². The van der Waals surface area contributed by atoms with Gasteiger partial charge in [-0.25, -0.2) is 4.79 Å². The molecule has 0 radical (unpaired) electrons. The van der Waals surface area contributed by atoms with E-state index in [0.29, 0.717) is 11.7 Å². The molecule has 1 aliphatic rings. The number of thiophene rings is 1. The molecular weight excluding hydrogens is 432 g/mol. The number of allylic oxidation sites excluding steroid dienone is 1. The van der Waals surface area contributed by atoms with Crippen molar-refractivity contribution in [2.24, 2.45) is 0 Å². The van der Waals surface area contributed by atoms with Crippen molar-refractivity contribution in [1.29, 1.82) is 0 Å². The number of nitrogens with one attached hydrogen (secondary N) is 1. The van der Waals surface area contributed by atoms with Crippen LogP contribution in [0.25, 0.3) is 16.3 Å². The lowest BCUT2D eigenvalue weighted by atomic mass is 9.92. The SMILES string of the molecule is CC1=C(c2nc(-c3cccs3)no2)C(c2ccc(C)c(C)c2)NC(=O)N1c1ccc(C)cc1. The molecule has 5 rings (SSSR count). The van der Waals surface area contributed by atoms with E-state index in [0.717, 1.165) is 38.5 Å². The lowest BCUT2D eigenvalue weighted by Crippen LogP contribution is -2.46. The third-order valence-electron chi connectivity index (χ3n) is 6.04. The number of carbonyl (C=O) groups is 1. The number of hydrogen-bond donors (Lipinski definition) is 1. The number of urea groups is 1. The summed E-state index contributed by atoms with van der Waals surface area (Å²) in [5, 5.41) is 9.36. The van der Waals surface area contributed by atoms with Crippen LogP contribution >= 0.6 is 11.3 Å². The summed E-state index contributed by atoms with van der Waals surface area (Å²) in [4.78, 5) is 20.6. The predicted octanol–water partition coefficient (Wildman–Crippen LogP) is 6.43. The molecule has 0 bridgehead atoms. The normalized spacial score (nSPS) is 16.3. The highest BCUT2D eigenvalue weighted by atomic mass is 32.1. The van der Waals surface area contributed by atoms with Crippen LogP contribution in [0.1, 0.15) is 41.1 Å². The van der Waals surface area contributed by atoms with Gasteiger partial charge in [-0.3, -0.25) is 4.90 Å². The first-order valence-electron chi connectivity index (χ1n) is 10.8. The van der Waals surface area contributed by atoms with Crippen molar-refractivity contribution in [3.8, 4) is 10.7 Å². The molecule has 0 saturated heterocycles. The van der Waals surface area contributed by atoms with E-state index in [4.69, 9.17) is 9.51 Å². The fraction of sp³-hybridized carbons (Fsp3) is 0.192. The first-order chi connectivity index (χ1) is 15.9.